The van der Waals surface area contributed by atoms with Gasteiger partial charge in [0.25, 0.3) is 5.91 Å². The number of nitrogens with one attached hydrogen (secondary N) is 1. The standard InChI is InChI=1S/C9H9BrN2O2/c1-12-7(10)4-5-6(13)2-3-11-9(14)8(5)12/h4H,2-3H2,1H3,(H,11,14). The second kappa shape index (κ2) is 3.24. The van der Waals surface area contributed by atoms with Gasteiger partial charge in [0.2, 0.25) is 0 Å². The van der Waals surface area contributed by atoms with Gasteiger partial charge in [-0.25, -0.2) is 0 Å². The molecule has 1 aliphatic rings. The monoisotopic (exact) mass is 256 g/mol. The molecular weight excluding hydrogens is 248 g/mol. The van der Waals surface area contributed by atoms with Crippen molar-refractivity contribution in [3.8, 4) is 0 Å². The van der Waals surface area contributed by atoms with Crippen LogP contribution in [0.1, 0.15) is 27.3 Å². The highest BCUT2D eigenvalue weighted by Crippen LogP contribution is 2.22. The molecule has 14 heavy (non-hydrogen) atoms. The molecule has 2 rings (SSSR count). The van der Waals surface area contributed by atoms with Gasteiger partial charge >= 0.3 is 0 Å². The number of halogens is 1. The van der Waals surface area contributed by atoms with Gasteiger partial charge in [0.15, 0.2) is 5.78 Å². The zero-order valence-corrected chi connectivity index (χ0v) is 9.22. The van der Waals surface area contributed by atoms with Gasteiger partial charge in [-0.1, -0.05) is 0 Å². The van der Waals surface area contributed by atoms with E-state index < -0.39 is 0 Å². The Morgan fingerprint density at radius 3 is 2.93 bits per heavy atom. The molecule has 0 aliphatic carbocycles. The summed E-state index contributed by atoms with van der Waals surface area (Å²) in [5.41, 5.74) is 0.953. The number of hydrogen-bond acceptors (Lipinski definition) is 2. The van der Waals surface area contributed by atoms with Crippen molar-refractivity contribution in [2.24, 2.45) is 7.05 Å². The van der Waals surface area contributed by atoms with E-state index in [9.17, 15) is 9.59 Å². The van der Waals surface area contributed by atoms with E-state index in [0.717, 1.165) is 4.60 Å². The van der Waals surface area contributed by atoms with Crippen LogP contribution in [0.4, 0.5) is 0 Å². The molecule has 5 heteroatoms. The number of nitrogens with zero attached hydrogens (tertiary/aromatic N) is 1. The summed E-state index contributed by atoms with van der Waals surface area (Å²) in [5, 5.41) is 2.68. The quantitative estimate of drug-likeness (QED) is 0.756. The van der Waals surface area contributed by atoms with E-state index in [1.54, 1.807) is 17.7 Å². The molecular formula is C9H9BrN2O2. The Bertz CT molecular complexity index is 423. The highest BCUT2D eigenvalue weighted by Gasteiger charge is 2.25. The van der Waals surface area contributed by atoms with Crippen LogP contribution in [0.2, 0.25) is 0 Å². The second-order valence-electron chi connectivity index (χ2n) is 3.22. The van der Waals surface area contributed by atoms with E-state index in [4.69, 9.17) is 0 Å². The maximum Gasteiger partial charge on any atom is 0.268 e. The fourth-order valence-electron chi connectivity index (χ4n) is 1.57. The van der Waals surface area contributed by atoms with Crippen molar-refractivity contribution in [1.82, 2.24) is 9.88 Å². The van der Waals surface area contributed by atoms with Crippen LogP contribution in [0.15, 0.2) is 10.7 Å². The Balaban J connectivity index is 2.65. The lowest BCUT2D eigenvalue weighted by molar-refractivity contribution is 0.0948. The fraction of sp³-hybridized carbons (Fsp3) is 0.333. The molecule has 0 aromatic carbocycles. The van der Waals surface area contributed by atoms with E-state index >= 15 is 0 Å². The van der Waals surface area contributed by atoms with Gasteiger partial charge in [0.1, 0.15) is 5.69 Å². The predicted octanol–water partition coefficient (Wildman–Crippen LogP) is 1.10. The highest BCUT2D eigenvalue weighted by molar-refractivity contribution is 9.10. The molecule has 0 atom stereocenters. The molecule has 0 unspecified atom stereocenters. The molecule has 1 amide bonds. The Hall–Kier alpha value is -1.10. The molecule has 2 heterocycles. The van der Waals surface area contributed by atoms with Gasteiger partial charge in [-0.15, -0.1) is 0 Å². The van der Waals surface area contributed by atoms with Crippen LogP contribution in [-0.4, -0.2) is 22.8 Å². The van der Waals surface area contributed by atoms with Crippen LogP contribution in [-0.2, 0) is 7.05 Å². The molecule has 1 N–H and O–H groups in total. The normalized spacial score (nSPS) is 16.1. The average Bonchev–Trinajstić information content (AvgIpc) is 2.35. The number of carbonyl (C=O) groups is 2. The van der Waals surface area contributed by atoms with E-state index in [-0.39, 0.29) is 11.7 Å². The summed E-state index contributed by atoms with van der Waals surface area (Å²) in [6, 6.07) is 1.70. The molecule has 0 fully saturated rings. The molecule has 0 spiro atoms. The van der Waals surface area contributed by atoms with Crippen LogP contribution < -0.4 is 5.32 Å². The van der Waals surface area contributed by atoms with Gasteiger partial charge < -0.3 is 9.88 Å². The molecule has 1 aromatic heterocycles. The van der Waals surface area contributed by atoms with Crippen molar-refractivity contribution in [1.29, 1.82) is 0 Å². The zero-order chi connectivity index (χ0) is 10.3. The van der Waals surface area contributed by atoms with Gasteiger partial charge in [-0.3, -0.25) is 9.59 Å². The van der Waals surface area contributed by atoms with Gasteiger partial charge in [-0.05, 0) is 22.0 Å². The summed E-state index contributed by atoms with van der Waals surface area (Å²) in [5.74, 6) is -0.168. The number of hydrogen-bond donors (Lipinski definition) is 1. The first-order valence-electron chi connectivity index (χ1n) is 4.28. The number of Topliss-reactive ketones (excluding diaryl/α,β-unsaturated/α-hetero) is 1. The Morgan fingerprint density at radius 2 is 2.21 bits per heavy atom. The summed E-state index contributed by atoms with van der Waals surface area (Å²) >= 11 is 3.29. The number of carbonyl (C=O) groups excluding carboxylic acids is 2. The molecule has 0 radical (unpaired) electrons. The fourth-order valence-corrected chi connectivity index (χ4v) is 1.97. The smallest absolute Gasteiger partial charge is 0.268 e. The third-order valence-corrected chi connectivity index (χ3v) is 3.09. The van der Waals surface area contributed by atoms with Crippen LogP contribution in [0, 0.1) is 0 Å². The van der Waals surface area contributed by atoms with Crippen molar-refractivity contribution in [2.75, 3.05) is 6.54 Å². The minimum Gasteiger partial charge on any atom is -0.350 e. The number of rotatable bonds is 0. The third kappa shape index (κ3) is 1.28. The molecule has 0 bridgehead atoms. The lowest BCUT2D eigenvalue weighted by Gasteiger charge is -2.03. The lowest BCUT2D eigenvalue weighted by atomic mass is 10.1. The molecule has 4 nitrogen and oxygen atoms in total. The third-order valence-electron chi connectivity index (χ3n) is 2.33. The number of fused-ring (bicyclic) bond motifs is 1. The molecule has 1 aliphatic heterocycles. The SMILES string of the molecule is Cn1c(Br)cc2c1C(=O)NCCC2=O. The first-order chi connectivity index (χ1) is 6.61. The van der Waals surface area contributed by atoms with E-state index in [1.807, 2.05) is 0 Å². The largest absolute Gasteiger partial charge is 0.350 e. The Labute approximate surface area is 89.4 Å². The van der Waals surface area contributed by atoms with E-state index in [0.29, 0.717) is 24.2 Å². The summed E-state index contributed by atoms with van der Waals surface area (Å²) in [6.45, 7) is 0.421. The summed E-state index contributed by atoms with van der Waals surface area (Å²) in [7, 11) is 1.75. The van der Waals surface area contributed by atoms with Crippen molar-refractivity contribution in [3.63, 3.8) is 0 Å². The Kier molecular flexibility index (Phi) is 2.19. The summed E-state index contributed by atoms with van der Waals surface area (Å²) < 4.78 is 2.42. The molecule has 0 saturated carbocycles. The number of amides is 1. The van der Waals surface area contributed by atoms with Crippen LogP contribution in [0.5, 0.6) is 0 Å². The van der Waals surface area contributed by atoms with Crippen LogP contribution >= 0.6 is 15.9 Å². The van der Waals surface area contributed by atoms with Gasteiger partial charge in [0, 0.05) is 25.6 Å². The van der Waals surface area contributed by atoms with Crippen LogP contribution in [0.3, 0.4) is 0 Å². The van der Waals surface area contributed by atoms with Crippen molar-refractivity contribution in [3.05, 3.63) is 21.9 Å². The van der Waals surface area contributed by atoms with Gasteiger partial charge in [0.05, 0.1) is 4.60 Å². The van der Waals surface area contributed by atoms with Crippen LogP contribution in [0.25, 0.3) is 0 Å². The summed E-state index contributed by atoms with van der Waals surface area (Å²) in [6.07, 6.45) is 0.370. The summed E-state index contributed by atoms with van der Waals surface area (Å²) in [4.78, 5) is 23.2. The average molecular weight is 257 g/mol. The predicted molar refractivity (Wildman–Crippen MR) is 54.4 cm³/mol. The van der Waals surface area contributed by atoms with Crippen molar-refractivity contribution in [2.45, 2.75) is 6.42 Å². The molecule has 0 saturated heterocycles. The minimum absolute atomic E-state index is 0.0136. The maximum absolute atomic E-state index is 11.6. The lowest BCUT2D eigenvalue weighted by Crippen LogP contribution is -2.24. The number of ketones is 1. The van der Waals surface area contributed by atoms with Crippen molar-refractivity contribution < 1.29 is 9.59 Å². The van der Waals surface area contributed by atoms with E-state index in [1.165, 1.54) is 0 Å². The topological polar surface area (TPSA) is 51.1 Å². The Morgan fingerprint density at radius 1 is 1.50 bits per heavy atom. The number of aromatic nitrogens is 1. The first kappa shape index (κ1) is 9.45. The van der Waals surface area contributed by atoms with Gasteiger partial charge in [-0.2, -0.15) is 0 Å². The molecule has 1 aromatic rings. The highest BCUT2D eigenvalue weighted by atomic mass is 79.9. The second-order valence-corrected chi connectivity index (χ2v) is 4.03. The minimum atomic E-state index is -0.181. The maximum atomic E-state index is 11.6. The van der Waals surface area contributed by atoms with E-state index in [2.05, 4.69) is 21.2 Å². The zero-order valence-electron chi connectivity index (χ0n) is 7.63. The molecule has 74 valence electrons. The first-order valence-corrected chi connectivity index (χ1v) is 5.07. The van der Waals surface area contributed by atoms with Crippen molar-refractivity contribution >= 4 is 27.6 Å².